The van der Waals surface area contributed by atoms with Crippen molar-refractivity contribution in [2.75, 3.05) is 25.4 Å². The molecule has 0 aliphatic carbocycles. The molecule has 3 aromatic rings. The maximum absolute atomic E-state index is 4.72. The molecule has 0 amide bonds. The SMILES string of the molecule is c1ccc2c(c1)nc(SCCN1CCCCC1)n1nnnc21. The van der Waals surface area contributed by atoms with E-state index in [-0.39, 0.29) is 0 Å². The maximum Gasteiger partial charge on any atom is 0.193 e. The lowest BCUT2D eigenvalue weighted by atomic mass is 10.1. The van der Waals surface area contributed by atoms with E-state index >= 15 is 0 Å². The first-order chi connectivity index (χ1) is 10.9. The number of hydrogen-bond acceptors (Lipinski definition) is 6. The van der Waals surface area contributed by atoms with Crippen LogP contribution in [0.5, 0.6) is 0 Å². The van der Waals surface area contributed by atoms with Crippen molar-refractivity contribution in [1.29, 1.82) is 0 Å². The van der Waals surface area contributed by atoms with Crippen molar-refractivity contribution in [2.24, 2.45) is 0 Å². The average Bonchev–Trinajstić information content (AvgIpc) is 3.06. The Kier molecular flexibility index (Phi) is 3.90. The number of para-hydroxylation sites is 1. The largest absolute Gasteiger partial charge is 0.303 e. The second-order valence-electron chi connectivity index (χ2n) is 5.58. The predicted octanol–water partition coefficient (Wildman–Crippen LogP) is 2.25. The van der Waals surface area contributed by atoms with Crippen molar-refractivity contribution in [3.63, 3.8) is 0 Å². The predicted molar refractivity (Wildman–Crippen MR) is 87.1 cm³/mol. The zero-order chi connectivity index (χ0) is 14.8. The Bertz CT molecular complexity index is 780. The molecule has 0 radical (unpaired) electrons. The van der Waals surface area contributed by atoms with E-state index in [1.807, 2.05) is 24.3 Å². The molecule has 7 heteroatoms. The molecule has 6 nitrogen and oxygen atoms in total. The summed E-state index contributed by atoms with van der Waals surface area (Å²) in [6, 6.07) is 8.01. The first kappa shape index (κ1) is 13.9. The van der Waals surface area contributed by atoms with E-state index in [0.29, 0.717) is 0 Å². The summed E-state index contributed by atoms with van der Waals surface area (Å²) in [7, 11) is 0. The molecule has 22 heavy (non-hydrogen) atoms. The second-order valence-corrected chi connectivity index (χ2v) is 6.64. The van der Waals surface area contributed by atoms with Gasteiger partial charge in [-0.3, -0.25) is 0 Å². The molecule has 3 heterocycles. The van der Waals surface area contributed by atoms with Crippen LogP contribution >= 0.6 is 11.8 Å². The summed E-state index contributed by atoms with van der Waals surface area (Å²) >= 11 is 1.73. The van der Waals surface area contributed by atoms with Gasteiger partial charge >= 0.3 is 0 Å². The van der Waals surface area contributed by atoms with Gasteiger partial charge in [0.05, 0.1) is 5.52 Å². The fourth-order valence-corrected chi connectivity index (χ4v) is 3.88. The Morgan fingerprint density at radius 2 is 1.95 bits per heavy atom. The molecule has 1 fully saturated rings. The van der Waals surface area contributed by atoms with Crippen molar-refractivity contribution in [3.8, 4) is 0 Å². The molecular weight excluding hydrogens is 296 g/mol. The highest BCUT2D eigenvalue weighted by Crippen LogP contribution is 2.23. The van der Waals surface area contributed by atoms with Crippen molar-refractivity contribution in [2.45, 2.75) is 24.4 Å². The fourth-order valence-electron chi connectivity index (χ4n) is 2.94. The number of nitrogens with zero attached hydrogens (tertiary/aromatic N) is 6. The number of fused-ring (bicyclic) bond motifs is 3. The van der Waals surface area contributed by atoms with Crippen molar-refractivity contribution < 1.29 is 0 Å². The zero-order valence-corrected chi connectivity index (χ0v) is 13.2. The van der Waals surface area contributed by atoms with E-state index in [4.69, 9.17) is 4.98 Å². The second kappa shape index (κ2) is 6.18. The van der Waals surface area contributed by atoms with Gasteiger partial charge in [0.2, 0.25) is 0 Å². The third kappa shape index (κ3) is 2.66. The van der Waals surface area contributed by atoms with Gasteiger partial charge in [-0.25, -0.2) is 4.98 Å². The molecule has 1 aliphatic heterocycles. The molecule has 1 saturated heterocycles. The van der Waals surface area contributed by atoms with Gasteiger partial charge in [-0.2, -0.15) is 4.52 Å². The number of likely N-dealkylation sites (tertiary alicyclic amines) is 1. The van der Waals surface area contributed by atoms with Crippen LogP contribution in [0.4, 0.5) is 0 Å². The number of piperidine rings is 1. The van der Waals surface area contributed by atoms with Crippen molar-refractivity contribution in [3.05, 3.63) is 24.3 Å². The molecule has 0 unspecified atom stereocenters. The summed E-state index contributed by atoms with van der Waals surface area (Å²) in [5.74, 6) is 1.01. The summed E-state index contributed by atoms with van der Waals surface area (Å²) in [5.41, 5.74) is 1.73. The normalized spacial score (nSPS) is 16.5. The molecule has 0 spiro atoms. The van der Waals surface area contributed by atoms with E-state index in [2.05, 4.69) is 20.4 Å². The van der Waals surface area contributed by atoms with Crippen LogP contribution in [0, 0.1) is 0 Å². The highest BCUT2D eigenvalue weighted by atomic mass is 32.2. The molecular formula is C15H18N6S. The van der Waals surface area contributed by atoms with Gasteiger partial charge in [0, 0.05) is 17.7 Å². The summed E-state index contributed by atoms with van der Waals surface area (Å²) in [4.78, 5) is 7.26. The smallest absolute Gasteiger partial charge is 0.193 e. The lowest BCUT2D eigenvalue weighted by Crippen LogP contribution is -2.31. The van der Waals surface area contributed by atoms with Gasteiger partial charge in [0.1, 0.15) is 0 Å². The summed E-state index contributed by atoms with van der Waals surface area (Å²) in [5, 5.41) is 13.9. The first-order valence-corrected chi connectivity index (χ1v) is 8.72. The lowest BCUT2D eigenvalue weighted by Gasteiger charge is -2.25. The van der Waals surface area contributed by atoms with Crippen molar-refractivity contribution in [1.82, 2.24) is 29.9 Å². The Hall–Kier alpha value is -1.73. The van der Waals surface area contributed by atoms with Gasteiger partial charge in [-0.05, 0) is 48.5 Å². The van der Waals surface area contributed by atoms with E-state index < -0.39 is 0 Å². The minimum atomic E-state index is 0.783. The fraction of sp³-hybridized carbons (Fsp3) is 0.467. The van der Waals surface area contributed by atoms with Crippen molar-refractivity contribution >= 4 is 28.3 Å². The minimum absolute atomic E-state index is 0.783. The third-order valence-electron chi connectivity index (χ3n) is 4.10. The highest BCUT2D eigenvalue weighted by Gasteiger charge is 2.13. The van der Waals surface area contributed by atoms with Crippen LogP contribution in [0.3, 0.4) is 0 Å². The zero-order valence-electron chi connectivity index (χ0n) is 12.4. The van der Waals surface area contributed by atoms with E-state index in [9.17, 15) is 0 Å². The van der Waals surface area contributed by atoms with E-state index in [1.54, 1.807) is 16.3 Å². The van der Waals surface area contributed by atoms with Crippen LogP contribution in [-0.4, -0.2) is 55.3 Å². The number of benzene rings is 1. The standard InChI is InChI=1S/C15H18N6S/c1-4-8-20(9-5-1)10-11-22-15-16-13-7-3-2-6-12(13)14-17-18-19-21(14)15/h2-3,6-7H,1,4-5,8-11H2. The summed E-state index contributed by atoms with van der Waals surface area (Å²) in [6.07, 6.45) is 4.04. The van der Waals surface area contributed by atoms with Crippen LogP contribution in [0.2, 0.25) is 0 Å². The number of aromatic nitrogens is 5. The topological polar surface area (TPSA) is 59.2 Å². The Labute approximate surface area is 132 Å². The molecule has 0 N–H and O–H groups in total. The van der Waals surface area contributed by atoms with Gasteiger partial charge < -0.3 is 4.90 Å². The molecule has 0 saturated carbocycles. The first-order valence-electron chi connectivity index (χ1n) is 7.74. The summed E-state index contributed by atoms with van der Waals surface area (Å²) < 4.78 is 1.75. The Morgan fingerprint density at radius 1 is 1.09 bits per heavy atom. The molecule has 4 rings (SSSR count). The quantitative estimate of drug-likeness (QED) is 0.544. The van der Waals surface area contributed by atoms with Gasteiger partial charge in [0.25, 0.3) is 0 Å². The Morgan fingerprint density at radius 3 is 2.86 bits per heavy atom. The average molecular weight is 314 g/mol. The third-order valence-corrected chi connectivity index (χ3v) is 5.01. The molecule has 1 aliphatic rings. The number of hydrogen-bond donors (Lipinski definition) is 0. The maximum atomic E-state index is 4.72. The van der Waals surface area contributed by atoms with E-state index in [1.165, 1.54) is 32.4 Å². The molecule has 0 bridgehead atoms. The number of tetrazole rings is 1. The van der Waals surface area contributed by atoms with Crippen LogP contribution in [-0.2, 0) is 0 Å². The minimum Gasteiger partial charge on any atom is -0.303 e. The molecule has 114 valence electrons. The highest BCUT2D eigenvalue weighted by molar-refractivity contribution is 7.99. The van der Waals surface area contributed by atoms with Crippen LogP contribution in [0.25, 0.3) is 16.6 Å². The molecule has 1 aromatic carbocycles. The Balaban J connectivity index is 1.56. The monoisotopic (exact) mass is 314 g/mol. The molecule has 2 aromatic heterocycles. The lowest BCUT2D eigenvalue weighted by molar-refractivity contribution is 0.242. The molecule has 0 atom stereocenters. The van der Waals surface area contributed by atoms with Crippen LogP contribution in [0.1, 0.15) is 19.3 Å². The van der Waals surface area contributed by atoms with Crippen LogP contribution in [0.15, 0.2) is 29.4 Å². The van der Waals surface area contributed by atoms with Gasteiger partial charge in [0.15, 0.2) is 10.8 Å². The number of rotatable bonds is 4. The van der Waals surface area contributed by atoms with E-state index in [0.717, 1.165) is 34.0 Å². The number of thioether (sulfide) groups is 1. The van der Waals surface area contributed by atoms with Crippen LogP contribution < -0.4 is 0 Å². The summed E-state index contributed by atoms with van der Waals surface area (Å²) in [6.45, 7) is 3.56. The van der Waals surface area contributed by atoms with Gasteiger partial charge in [-0.15, -0.1) is 5.10 Å². The van der Waals surface area contributed by atoms with Gasteiger partial charge in [-0.1, -0.05) is 30.3 Å².